The van der Waals surface area contributed by atoms with E-state index in [0.29, 0.717) is 0 Å². The van der Waals surface area contributed by atoms with E-state index in [1.54, 1.807) is 0 Å². The summed E-state index contributed by atoms with van der Waals surface area (Å²) in [5.41, 5.74) is 0. The van der Waals surface area contributed by atoms with Gasteiger partial charge in [-0.15, -0.1) is 0 Å². The summed E-state index contributed by atoms with van der Waals surface area (Å²) in [6, 6.07) is 0. The average molecular weight is 237 g/mol. The third-order valence-electron chi connectivity index (χ3n) is 0. The Hall–Kier alpha value is 0.554. The topological polar surface area (TPSA) is 98.0 Å². The van der Waals surface area contributed by atoms with Crippen LogP contribution in [0.3, 0.4) is 0 Å². The number of hydrogen-bond acceptors (Lipinski definition) is 3. The second kappa shape index (κ2) is 16.0. The van der Waals surface area contributed by atoms with Gasteiger partial charge in [-0.2, -0.15) is 0 Å². The van der Waals surface area contributed by atoms with E-state index in [4.69, 9.17) is 25.5 Å². The molecule has 41 valence electrons. The van der Waals surface area contributed by atoms with E-state index in [-0.39, 0.29) is 41.3 Å². The molecular formula is CH4O5Pr. The fourth-order valence-corrected chi connectivity index (χ4v) is 0. The van der Waals surface area contributed by atoms with Crippen molar-refractivity contribution in [1.29, 1.82) is 0 Å². The maximum atomic E-state index is 8.56. The van der Waals surface area contributed by atoms with Crippen LogP contribution in [0.4, 0.5) is 4.79 Å². The van der Waals surface area contributed by atoms with Crippen molar-refractivity contribution in [2.24, 2.45) is 0 Å². The van der Waals surface area contributed by atoms with Gasteiger partial charge in [0.15, 0.2) is 0 Å². The molecule has 7 heavy (non-hydrogen) atoms. The van der Waals surface area contributed by atoms with Crippen LogP contribution in [0.1, 0.15) is 0 Å². The monoisotopic (exact) mass is 237 g/mol. The molecule has 0 aliphatic carbocycles. The first-order chi connectivity index (χ1) is 2.73. The number of hydrogen-bond donors (Lipinski definition) is 4. The van der Waals surface area contributed by atoms with Crippen molar-refractivity contribution in [2.75, 3.05) is 0 Å². The molecule has 0 aromatic heterocycles. The van der Waals surface area contributed by atoms with Crippen LogP contribution in [0, 0.1) is 41.3 Å². The summed E-state index contributed by atoms with van der Waals surface area (Å²) in [6.45, 7) is 0. The minimum atomic E-state index is -1.83. The Balaban J connectivity index is -0.0000000480. The molecule has 5 nitrogen and oxygen atoms in total. The first kappa shape index (κ1) is 15.6. The molecule has 0 saturated heterocycles. The number of carboxylic acid groups (broad SMARTS) is 2. The second-order valence-corrected chi connectivity index (χ2v) is 0.283. The van der Waals surface area contributed by atoms with Crippen molar-refractivity contribution in [2.45, 2.75) is 0 Å². The quantitative estimate of drug-likeness (QED) is 0.357. The van der Waals surface area contributed by atoms with Crippen LogP contribution in [-0.4, -0.2) is 26.9 Å². The number of rotatable bonds is 0. The fraction of sp³-hybridized carbons (Fsp3) is 0. The summed E-state index contributed by atoms with van der Waals surface area (Å²) >= 11 is 0. The molecule has 1 radical (unpaired) electrons. The molecule has 0 aromatic carbocycles. The van der Waals surface area contributed by atoms with Gasteiger partial charge in [0.05, 0.1) is 0 Å². The second-order valence-electron chi connectivity index (χ2n) is 0.283. The Labute approximate surface area is 72.5 Å². The molecule has 0 rings (SSSR count). The Morgan fingerprint density at radius 3 is 1.14 bits per heavy atom. The van der Waals surface area contributed by atoms with Crippen LogP contribution in [0.5, 0.6) is 0 Å². The Morgan fingerprint density at radius 1 is 1.14 bits per heavy atom. The minimum absolute atomic E-state index is 0. The predicted molar refractivity (Wildman–Crippen MR) is 15.9 cm³/mol. The third-order valence-corrected chi connectivity index (χ3v) is 0. The van der Waals surface area contributed by atoms with Crippen molar-refractivity contribution < 1.29 is 66.8 Å². The maximum absolute atomic E-state index is 8.56. The van der Waals surface area contributed by atoms with Gasteiger partial charge in [0, 0.05) is 41.3 Å². The normalized spacial score (nSPS) is 4.29. The average Bonchev–Trinajstić information content (AvgIpc) is 1.41. The van der Waals surface area contributed by atoms with Gasteiger partial charge >= 0.3 is 6.16 Å². The zero-order valence-electron chi connectivity index (χ0n) is 3.27. The molecule has 0 heterocycles. The summed E-state index contributed by atoms with van der Waals surface area (Å²) in [5, 5.41) is 25.9. The molecular weight excluding hydrogens is 233 g/mol. The van der Waals surface area contributed by atoms with E-state index in [1.807, 2.05) is 0 Å². The molecule has 6 heteroatoms. The summed E-state index contributed by atoms with van der Waals surface area (Å²) in [5.74, 6) is 0. The van der Waals surface area contributed by atoms with Crippen molar-refractivity contribution >= 4 is 6.16 Å². The van der Waals surface area contributed by atoms with Gasteiger partial charge < -0.3 is 10.2 Å². The van der Waals surface area contributed by atoms with Crippen LogP contribution in [0.2, 0.25) is 0 Å². The minimum Gasteiger partial charge on any atom is -0.450 e. The molecule has 0 amide bonds. The zero-order chi connectivity index (χ0) is 5.58. The Bertz CT molecular complexity index is 31.1. The summed E-state index contributed by atoms with van der Waals surface area (Å²) in [7, 11) is 0. The molecule has 0 aromatic rings. The van der Waals surface area contributed by atoms with Crippen molar-refractivity contribution in [1.82, 2.24) is 0 Å². The van der Waals surface area contributed by atoms with E-state index in [2.05, 4.69) is 0 Å². The molecule has 0 fully saturated rings. The largest absolute Gasteiger partial charge is 0.503 e. The molecule has 0 aliphatic heterocycles. The van der Waals surface area contributed by atoms with Crippen LogP contribution in [0.15, 0.2) is 0 Å². The van der Waals surface area contributed by atoms with E-state index >= 15 is 0 Å². The van der Waals surface area contributed by atoms with Crippen LogP contribution in [-0.2, 0) is 0 Å². The molecule has 0 saturated carbocycles. The summed E-state index contributed by atoms with van der Waals surface area (Å²) in [4.78, 5) is 8.56. The van der Waals surface area contributed by atoms with Gasteiger partial charge in [0.1, 0.15) is 0 Å². The van der Waals surface area contributed by atoms with Crippen LogP contribution < -0.4 is 0 Å². The first-order valence-electron chi connectivity index (χ1n) is 0.851. The fourth-order valence-electron chi connectivity index (χ4n) is 0. The molecule has 0 aliphatic rings. The van der Waals surface area contributed by atoms with Gasteiger partial charge in [-0.1, -0.05) is 0 Å². The SMILES string of the molecule is O=C(O)O.OO.[Pr]. The van der Waals surface area contributed by atoms with E-state index < -0.39 is 6.16 Å². The molecule has 0 bridgehead atoms. The molecule has 0 spiro atoms. The predicted octanol–water partition coefficient (Wildman–Crippen LogP) is 0.240. The van der Waals surface area contributed by atoms with Gasteiger partial charge in [0.2, 0.25) is 0 Å². The van der Waals surface area contributed by atoms with Crippen LogP contribution in [0.25, 0.3) is 0 Å². The summed E-state index contributed by atoms with van der Waals surface area (Å²) in [6.07, 6.45) is -1.83. The standard InChI is InChI=1S/CH2O3.H2O2.Pr/c2-1(3)4;1-2;/h(H2,2,3,4);1-2H;. The van der Waals surface area contributed by atoms with Gasteiger partial charge in [-0.25, -0.2) is 4.79 Å². The zero-order valence-corrected chi connectivity index (χ0v) is 6.98. The molecule has 4 N–H and O–H groups in total. The smallest absolute Gasteiger partial charge is 0.450 e. The Morgan fingerprint density at radius 2 is 1.14 bits per heavy atom. The van der Waals surface area contributed by atoms with Crippen molar-refractivity contribution in [3.05, 3.63) is 0 Å². The van der Waals surface area contributed by atoms with Gasteiger partial charge in [-0.3, -0.25) is 10.5 Å². The molecule has 0 unspecified atom stereocenters. The first-order valence-corrected chi connectivity index (χ1v) is 0.851. The maximum Gasteiger partial charge on any atom is 0.503 e. The van der Waals surface area contributed by atoms with Crippen LogP contribution >= 0.6 is 0 Å². The third kappa shape index (κ3) is 443. The van der Waals surface area contributed by atoms with Gasteiger partial charge in [-0.05, 0) is 0 Å². The van der Waals surface area contributed by atoms with E-state index in [1.165, 1.54) is 0 Å². The Kier molecular flexibility index (Phi) is 35.8. The van der Waals surface area contributed by atoms with Gasteiger partial charge in [0.25, 0.3) is 0 Å². The number of carbonyl (C=O) groups is 1. The van der Waals surface area contributed by atoms with E-state index in [9.17, 15) is 0 Å². The summed E-state index contributed by atoms with van der Waals surface area (Å²) < 4.78 is 0. The van der Waals surface area contributed by atoms with E-state index in [0.717, 1.165) is 0 Å². The molecule has 0 atom stereocenters. The van der Waals surface area contributed by atoms with Crippen molar-refractivity contribution in [3.8, 4) is 0 Å². The van der Waals surface area contributed by atoms with Crippen molar-refractivity contribution in [3.63, 3.8) is 0 Å².